The highest BCUT2D eigenvalue weighted by Crippen LogP contribution is 2.26. The topological polar surface area (TPSA) is 101 Å². The summed E-state index contributed by atoms with van der Waals surface area (Å²) in [7, 11) is -4.67. The van der Waals surface area contributed by atoms with Crippen LogP contribution in [-0.4, -0.2) is 23.1 Å². The molecule has 0 saturated heterocycles. The Kier molecular flexibility index (Phi) is 19.6. The van der Waals surface area contributed by atoms with Crippen LogP contribution in [-0.2, 0) is 10.4 Å². The monoisotopic (exact) mass is 395 g/mol. The van der Waals surface area contributed by atoms with E-state index in [0.29, 0.717) is 0 Å². The Bertz CT molecular complexity index is 379. The molecule has 0 saturated carbocycles. The van der Waals surface area contributed by atoms with Crippen molar-refractivity contribution in [1.82, 2.24) is 0 Å². The maximum atomic E-state index is 8.74. The first-order chi connectivity index (χ1) is 12.2. The molecule has 0 rings (SSSR count). The van der Waals surface area contributed by atoms with Gasteiger partial charge in [0, 0.05) is 5.54 Å². The van der Waals surface area contributed by atoms with E-state index in [1.54, 1.807) is 0 Å². The minimum atomic E-state index is -4.67. The minimum absolute atomic E-state index is 0.146. The smallest absolute Gasteiger partial charge is 0.325 e. The predicted molar refractivity (Wildman–Crippen MR) is 112 cm³/mol. The lowest BCUT2D eigenvalue weighted by atomic mass is 9.83. The third-order valence-electron chi connectivity index (χ3n) is 4.83. The number of hydrogen-bond donors (Lipinski definition) is 3. The van der Waals surface area contributed by atoms with E-state index >= 15 is 0 Å². The Morgan fingerprint density at radius 3 is 1.23 bits per heavy atom. The lowest BCUT2D eigenvalue weighted by Crippen LogP contribution is -2.39. The second-order valence-electron chi connectivity index (χ2n) is 7.60. The second-order valence-corrected chi connectivity index (χ2v) is 8.49. The van der Waals surface area contributed by atoms with Crippen LogP contribution >= 0.6 is 0 Å². The van der Waals surface area contributed by atoms with Gasteiger partial charge in [-0.25, -0.2) is 0 Å². The van der Waals surface area contributed by atoms with Crippen LogP contribution in [0.1, 0.15) is 124 Å². The van der Waals surface area contributed by atoms with Crippen LogP contribution in [0.5, 0.6) is 0 Å². The number of rotatable bonds is 16. The highest BCUT2D eigenvalue weighted by atomic mass is 32.3. The highest BCUT2D eigenvalue weighted by Gasteiger charge is 2.23. The summed E-state index contributed by atoms with van der Waals surface area (Å²) in [6.07, 6.45) is 21.5. The zero-order valence-corrected chi connectivity index (χ0v) is 18.3. The fourth-order valence-electron chi connectivity index (χ4n) is 3.26. The molecule has 0 bridgehead atoms. The van der Waals surface area contributed by atoms with E-state index in [-0.39, 0.29) is 5.54 Å². The highest BCUT2D eigenvalue weighted by molar-refractivity contribution is 7.79. The van der Waals surface area contributed by atoms with Crippen LogP contribution in [0.15, 0.2) is 0 Å². The van der Waals surface area contributed by atoms with Crippen LogP contribution in [0.4, 0.5) is 0 Å². The minimum Gasteiger partial charge on any atom is -0.325 e. The van der Waals surface area contributed by atoms with E-state index in [1.807, 2.05) is 0 Å². The Hall–Kier alpha value is -0.170. The van der Waals surface area contributed by atoms with Gasteiger partial charge in [0.2, 0.25) is 0 Å². The molecule has 1 unspecified atom stereocenters. The number of hydrogen-bond acceptors (Lipinski definition) is 3. The van der Waals surface area contributed by atoms with E-state index in [1.165, 1.54) is 103 Å². The molecule has 0 aliphatic heterocycles. The zero-order chi connectivity index (χ0) is 20.3. The van der Waals surface area contributed by atoms with E-state index < -0.39 is 10.4 Å². The van der Waals surface area contributed by atoms with Gasteiger partial charge in [0.15, 0.2) is 0 Å². The van der Waals surface area contributed by atoms with Crippen molar-refractivity contribution < 1.29 is 17.5 Å². The fourth-order valence-corrected chi connectivity index (χ4v) is 3.26. The molecule has 0 aliphatic rings. The Morgan fingerprint density at radius 2 is 0.846 bits per heavy atom. The first-order valence-corrected chi connectivity index (χ1v) is 12.1. The molecular weight excluding hydrogens is 350 g/mol. The molecule has 4 N–H and O–H groups in total. The second kappa shape index (κ2) is 18.2. The molecule has 0 aromatic rings. The lowest BCUT2D eigenvalue weighted by Gasteiger charge is -2.30. The summed E-state index contributed by atoms with van der Waals surface area (Å²) in [5, 5.41) is 0. The normalized spacial score (nSPS) is 13.8. The van der Waals surface area contributed by atoms with Gasteiger partial charge in [0.05, 0.1) is 0 Å². The van der Waals surface area contributed by atoms with Gasteiger partial charge in [-0.15, -0.1) is 0 Å². The molecule has 0 aromatic carbocycles. The van der Waals surface area contributed by atoms with Crippen molar-refractivity contribution in [2.75, 3.05) is 0 Å². The molecule has 6 heteroatoms. The first kappa shape index (κ1) is 28.0. The summed E-state index contributed by atoms with van der Waals surface area (Å²) in [4.78, 5) is 0. The summed E-state index contributed by atoms with van der Waals surface area (Å²) in [5.41, 5.74) is 6.91. The standard InChI is InChI=1S/C20H43N.H2O4S/c1-4-7-10-12-13-16-19-20(21,17-14-9-6-3)18-15-11-8-5-2;1-5(2,3)4/h4-19,21H2,1-3H3;(H2,1,2,3,4). The maximum absolute atomic E-state index is 8.74. The molecule has 0 aliphatic carbocycles. The summed E-state index contributed by atoms with van der Waals surface area (Å²) in [5.74, 6) is 0. The van der Waals surface area contributed by atoms with Gasteiger partial charge in [-0.05, 0) is 19.3 Å². The van der Waals surface area contributed by atoms with Gasteiger partial charge in [0.25, 0.3) is 0 Å². The van der Waals surface area contributed by atoms with E-state index in [0.717, 1.165) is 0 Å². The molecule has 0 radical (unpaired) electrons. The zero-order valence-electron chi connectivity index (χ0n) is 17.5. The SMILES string of the molecule is CCCCCCCCC(N)(CCCCC)CCCCCC.O=S(=O)(O)O. The van der Waals surface area contributed by atoms with Crippen LogP contribution in [0.2, 0.25) is 0 Å². The van der Waals surface area contributed by atoms with Gasteiger partial charge in [-0.2, -0.15) is 8.42 Å². The first-order valence-electron chi connectivity index (χ1n) is 10.7. The molecule has 0 spiro atoms. The van der Waals surface area contributed by atoms with Crippen LogP contribution < -0.4 is 5.73 Å². The summed E-state index contributed by atoms with van der Waals surface area (Å²) >= 11 is 0. The molecule has 5 nitrogen and oxygen atoms in total. The molecule has 160 valence electrons. The summed E-state index contributed by atoms with van der Waals surface area (Å²) in [6, 6.07) is 0. The van der Waals surface area contributed by atoms with E-state index in [4.69, 9.17) is 23.3 Å². The molecule has 0 amide bonds. The molecule has 0 fully saturated rings. The average Bonchev–Trinajstić information content (AvgIpc) is 2.54. The largest absolute Gasteiger partial charge is 0.394 e. The quantitative estimate of drug-likeness (QED) is 0.209. The molecular formula is C20H45NO4S. The van der Waals surface area contributed by atoms with Crippen molar-refractivity contribution in [1.29, 1.82) is 0 Å². The van der Waals surface area contributed by atoms with Crippen molar-refractivity contribution in [3.05, 3.63) is 0 Å². The van der Waals surface area contributed by atoms with Crippen molar-refractivity contribution >= 4 is 10.4 Å². The third kappa shape index (κ3) is 26.1. The van der Waals surface area contributed by atoms with Crippen LogP contribution in [0.3, 0.4) is 0 Å². The van der Waals surface area contributed by atoms with Gasteiger partial charge in [0.1, 0.15) is 0 Å². The number of unbranched alkanes of at least 4 members (excludes halogenated alkanes) is 10. The molecule has 0 aromatic heterocycles. The van der Waals surface area contributed by atoms with E-state index in [2.05, 4.69) is 20.8 Å². The van der Waals surface area contributed by atoms with Gasteiger partial charge < -0.3 is 5.73 Å². The molecule has 1 atom stereocenters. The maximum Gasteiger partial charge on any atom is 0.394 e. The number of nitrogens with two attached hydrogens (primary N) is 1. The van der Waals surface area contributed by atoms with Crippen LogP contribution in [0.25, 0.3) is 0 Å². The average molecular weight is 396 g/mol. The Morgan fingerprint density at radius 1 is 0.615 bits per heavy atom. The fraction of sp³-hybridized carbons (Fsp3) is 1.00. The third-order valence-corrected chi connectivity index (χ3v) is 4.83. The van der Waals surface area contributed by atoms with E-state index in [9.17, 15) is 0 Å². The summed E-state index contributed by atoms with van der Waals surface area (Å²) in [6.45, 7) is 6.86. The van der Waals surface area contributed by atoms with Gasteiger partial charge >= 0.3 is 10.4 Å². The summed E-state index contributed by atoms with van der Waals surface area (Å²) < 4.78 is 31.6. The Labute approximate surface area is 163 Å². The van der Waals surface area contributed by atoms with Crippen molar-refractivity contribution in [2.24, 2.45) is 5.73 Å². The van der Waals surface area contributed by atoms with Crippen molar-refractivity contribution in [3.8, 4) is 0 Å². The predicted octanol–water partition coefficient (Wildman–Crippen LogP) is 6.33. The van der Waals surface area contributed by atoms with Crippen molar-refractivity contribution in [3.63, 3.8) is 0 Å². The molecule has 0 heterocycles. The van der Waals surface area contributed by atoms with Gasteiger partial charge in [-0.1, -0.05) is 104 Å². The molecule has 26 heavy (non-hydrogen) atoms. The van der Waals surface area contributed by atoms with Crippen molar-refractivity contribution in [2.45, 2.75) is 129 Å². The Balaban J connectivity index is 0. The van der Waals surface area contributed by atoms with Gasteiger partial charge in [-0.3, -0.25) is 9.11 Å². The van der Waals surface area contributed by atoms with Crippen LogP contribution in [0, 0.1) is 0 Å². The lowest BCUT2D eigenvalue weighted by molar-refractivity contribution is 0.304.